The predicted molar refractivity (Wildman–Crippen MR) is 61.5 cm³/mol. The van der Waals surface area contributed by atoms with Crippen molar-refractivity contribution in [3.63, 3.8) is 0 Å². The van der Waals surface area contributed by atoms with E-state index in [0.717, 1.165) is 30.6 Å². The van der Waals surface area contributed by atoms with Gasteiger partial charge in [-0.05, 0) is 24.5 Å². The number of rotatable bonds is 6. The smallest absolute Gasteiger partial charge is 0.346 e. The summed E-state index contributed by atoms with van der Waals surface area (Å²) >= 11 is 0.835. The van der Waals surface area contributed by atoms with Crippen molar-refractivity contribution in [2.24, 2.45) is 0 Å². The molecule has 0 saturated heterocycles. The van der Waals surface area contributed by atoms with Crippen LogP contribution < -0.4 is 0 Å². The molecule has 0 unspecified atom stereocenters. The number of hydrogen-bond donors (Lipinski definition) is 2. The average molecular weight is 242 g/mol. The zero-order valence-electron chi connectivity index (χ0n) is 9.02. The molecule has 1 aromatic rings. The fraction of sp³-hybridized carbons (Fsp3) is 0.455. The van der Waals surface area contributed by atoms with E-state index in [9.17, 15) is 9.59 Å². The minimum Gasteiger partial charge on any atom is -0.477 e. The highest BCUT2D eigenvalue weighted by atomic mass is 32.1. The van der Waals surface area contributed by atoms with Gasteiger partial charge in [-0.1, -0.05) is 19.8 Å². The normalized spacial score (nSPS) is 10.3. The Labute approximate surface area is 97.5 Å². The van der Waals surface area contributed by atoms with Crippen molar-refractivity contribution in [3.05, 3.63) is 21.4 Å². The van der Waals surface area contributed by atoms with E-state index in [4.69, 9.17) is 10.2 Å². The zero-order valence-corrected chi connectivity index (χ0v) is 9.84. The number of carboxylic acid groups (broad SMARTS) is 2. The first-order valence-corrected chi connectivity index (χ1v) is 5.97. The Bertz CT molecular complexity index is 395. The summed E-state index contributed by atoms with van der Waals surface area (Å²) in [6.07, 6.45) is 3.61. The fourth-order valence-corrected chi connectivity index (χ4v) is 2.35. The van der Waals surface area contributed by atoms with Gasteiger partial charge < -0.3 is 10.2 Å². The molecule has 0 aliphatic heterocycles. The summed E-state index contributed by atoms with van der Waals surface area (Å²) in [5.74, 6) is -2.10. The van der Waals surface area contributed by atoms with Crippen LogP contribution in [0, 0.1) is 0 Å². The Hall–Kier alpha value is -1.36. The number of unbranched alkanes of at least 4 members (excludes halogenated alkanes) is 2. The van der Waals surface area contributed by atoms with Crippen LogP contribution in [-0.2, 0) is 6.42 Å². The molecule has 4 nitrogen and oxygen atoms in total. The van der Waals surface area contributed by atoms with Crippen molar-refractivity contribution in [3.8, 4) is 0 Å². The average Bonchev–Trinajstić information content (AvgIpc) is 2.62. The number of aromatic carboxylic acids is 2. The molecule has 0 radical (unpaired) electrons. The van der Waals surface area contributed by atoms with Gasteiger partial charge in [0.2, 0.25) is 0 Å². The maximum atomic E-state index is 10.9. The maximum absolute atomic E-state index is 10.9. The third kappa shape index (κ3) is 3.06. The molecule has 0 saturated carbocycles. The van der Waals surface area contributed by atoms with E-state index in [1.165, 1.54) is 6.07 Å². The fourth-order valence-electron chi connectivity index (χ4n) is 1.47. The Morgan fingerprint density at radius 3 is 2.44 bits per heavy atom. The second-order valence-corrected chi connectivity index (χ2v) is 4.58. The van der Waals surface area contributed by atoms with E-state index >= 15 is 0 Å². The van der Waals surface area contributed by atoms with Gasteiger partial charge in [-0.2, -0.15) is 0 Å². The highest BCUT2D eigenvalue weighted by Gasteiger charge is 2.17. The summed E-state index contributed by atoms with van der Waals surface area (Å²) in [4.78, 5) is 21.9. The maximum Gasteiger partial charge on any atom is 0.346 e. The Kier molecular flexibility index (Phi) is 4.49. The standard InChI is InChI=1S/C11H14O4S/c1-2-3-4-5-7-6-8(10(12)13)16-9(7)11(14)15/h6H,2-5H2,1H3,(H,12,13)(H,14,15). The van der Waals surface area contributed by atoms with Gasteiger partial charge in [-0.15, -0.1) is 11.3 Å². The van der Waals surface area contributed by atoms with Gasteiger partial charge in [0, 0.05) is 0 Å². The van der Waals surface area contributed by atoms with Gasteiger partial charge in [-0.25, -0.2) is 9.59 Å². The van der Waals surface area contributed by atoms with Crippen LogP contribution in [0.3, 0.4) is 0 Å². The quantitative estimate of drug-likeness (QED) is 0.752. The van der Waals surface area contributed by atoms with E-state index in [-0.39, 0.29) is 9.75 Å². The summed E-state index contributed by atoms with van der Waals surface area (Å²) in [5.41, 5.74) is 0.642. The van der Waals surface area contributed by atoms with Gasteiger partial charge in [0.05, 0.1) is 0 Å². The monoisotopic (exact) mass is 242 g/mol. The molecule has 0 bridgehead atoms. The molecule has 16 heavy (non-hydrogen) atoms. The van der Waals surface area contributed by atoms with Crippen LogP contribution in [0.1, 0.15) is 51.1 Å². The van der Waals surface area contributed by atoms with Crippen LogP contribution in [-0.4, -0.2) is 22.2 Å². The van der Waals surface area contributed by atoms with Crippen LogP contribution in [0.4, 0.5) is 0 Å². The van der Waals surface area contributed by atoms with Crippen LogP contribution in [0.5, 0.6) is 0 Å². The van der Waals surface area contributed by atoms with Crippen LogP contribution >= 0.6 is 11.3 Å². The number of carboxylic acids is 2. The first kappa shape index (κ1) is 12.7. The topological polar surface area (TPSA) is 74.6 Å². The molecular formula is C11H14O4S. The van der Waals surface area contributed by atoms with Crippen molar-refractivity contribution >= 4 is 23.3 Å². The first-order valence-electron chi connectivity index (χ1n) is 5.15. The van der Waals surface area contributed by atoms with Gasteiger partial charge in [-0.3, -0.25) is 0 Å². The Morgan fingerprint density at radius 2 is 1.94 bits per heavy atom. The van der Waals surface area contributed by atoms with Crippen molar-refractivity contribution in [1.82, 2.24) is 0 Å². The second kappa shape index (κ2) is 5.65. The molecule has 88 valence electrons. The van der Waals surface area contributed by atoms with Crippen molar-refractivity contribution in [1.29, 1.82) is 0 Å². The molecule has 0 spiro atoms. The van der Waals surface area contributed by atoms with Gasteiger partial charge in [0.25, 0.3) is 0 Å². The molecular weight excluding hydrogens is 228 g/mol. The lowest BCUT2D eigenvalue weighted by molar-refractivity contribution is 0.0692. The van der Waals surface area contributed by atoms with Crippen molar-refractivity contribution in [2.45, 2.75) is 32.6 Å². The lowest BCUT2D eigenvalue weighted by atomic mass is 10.1. The molecule has 0 fully saturated rings. The summed E-state index contributed by atoms with van der Waals surface area (Å²) in [6, 6.07) is 1.48. The second-order valence-electron chi connectivity index (χ2n) is 3.53. The van der Waals surface area contributed by atoms with E-state index < -0.39 is 11.9 Å². The lowest BCUT2D eigenvalue weighted by Crippen LogP contribution is -1.97. The minimum atomic E-state index is -1.06. The zero-order chi connectivity index (χ0) is 12.1. The van der Waals surface area contributed by atoms with Gasteiger partial charge >= 0.3 is 11.9 Å². The molecule has 0 atom stereocenters. The Balaban J connectivity index is 2.87. The highest BCUT2D eigenvalue weighted by Crippen LogP contribution is 2.24. The first-order chi connectivity index (χ1) is 7.56. The number of carbonyl (C=O) groups is 2. The van der Waals surface area contributed by atoms with Gasteiger partial charge in [0.1, 0.15) is 9.75 Å². The summed E-state index contributed by atoms with van der Waals surface area (Å²) in [6.45, 7) is 2.06. The molecule has 0 aromatic carbocycles. The number of hydrogen-bond acceptors (Lipinski definition) is 3. The largest absolute Gasteiger partial charge is 0.477 e. The Morgan fingerprint density at radius 1 is 1.25 bits per heavy atom. The molecule has 0 amide bonds. The molecule has 1 heterocycles. The van der Waals surface area contributed by atoms with E-state index in [1.807, 2.05) is 0 Å². The van der Waals surface area contributed by atoms with Crippen molar-refractivity contribution in [2.75, 3.05) is 0 Å². The summed E-state index contributed by atoms with van der Waals surface area (Å²) in [5, 5.41) is 17.7. The van der Waals surface area contributed by atoms with E-state index in [0.29, 0.717) is 12.0 Å². The molecule has 2 N–H and O–H groups in total. The lowest BCUT2D eigenvalue weighted by Gasteiger charge is -1.98. The third-order valence-electron chi connectivity index (χ3n) is 2.26. The predicted octanol–water partition coefficient (Wildman–Crippen LogP) is 2.88. The molecule has 0 aliphatic carbocycles. The number of thiophene rings is 1. The molecule has 5 heteroatoms. The van der Waals surface area contributed by atoms with Crippen LogP contribution in [0.2, 0.25) is 0 Å². The highest BCUT2D eigenvalue weighted by molar-refractivity contribution is 7.15. The third-order valence-corrected chi connectivity index (χ3v) is 3.42. The van der Waals surface area contributed by atoms with Crippen LogP contribution in [0.25, 0.3) is 0 Å². The number of aryl methyl sites for hydroxylation is 1. The SMILES string of the molecule is CCCCCc1cc(C(=O)O)sc1C(=O)O. The summed E-state index contributed by atoms with van der Waals surface area (Å²) < 4.78 is 0. The van der Waals surface area contributed by atoms with Crippen LogP contribution in [0.15, 0.2) is 6.07 Å². The van der Waals surface area contributed by atoms with E-state index in [2.05, 4.69) is 6.92 Å². The van der Waals surface area contributed by atoms with Gasteiger partial charge in [0.15, 0.2) is 0 Å². The molecule has 1 rings (SSSR count). The molecule has 0 aliphatic rings. The van der Waals surface area contributed by atoms with E-state index in [1.54, 1.807) is 0 Å². The summed E-state index contributed by atoms with van der Waals surface area (Å²) in [7, 11) is 0. The minimum absolute atomic E-state index is 0.101. The molecule has 1 aromatic heterocycles. The van der Waals surface area contributed by atoms with Crippen molar-refractivity contribution < 1.29 is 19.8 Å².